The summed E-state index contributed by atoms with van der Waals surface area (Å²) in [5, 5.41) is 2.94. The van der Waals surface area contributed by atoms with Gasteiger partial charge >= 0.3 is 0 Å². The Kier molecular flexibility index (Phi) is 4.54. The van der Waals surface area contributed by atoms with Crippen LogP contribution < -0.4 is 5.32 Å². The molecule has 0 bridgehead atoms. The Morgan fingerprint density at radius 3 is 2.91 bits per heavy atom. The lowest BCUT2D eigenvalue weighted by molar-refractivity contribution is 0.0697. The molecule has 1 atom stereocenters. The van der Waals surface area contributed by atoms with Crippen LogP contribution >= 0.6 is 11.6 Å². The van der Waals surface area contributed by atoms with Gasteiger partial charge < -0.3 is 10.2 Å². The molecule has 1 aromatic carbocycles. The Morgan fingerprint density at radius 1 is 1.35 bits per heavy atom. The maximum Gasteiger partial charge on any atom is 0.257 e. The predicted molar refractivity (Wildman–Crippen MR) is 82.3 cm³/mol. The zero-order chi connectivity index (χ0) is 16.4. The van der Waals surface area contributed by atoms with Crippen molar-refractivity contribution in [1.29, 1.82) is 0 Å². The lowest BCUT2D eigenvalue weighted by atomic mass is 10.1. The first-order valence-electron chi connectivity index (χ1n) is 7.13. The zero-order valence-corrected chi connectivity index (χ0v) is 12.9. The first-order valence-corrected chi connectivity index (χ1v) is 7.51. The Bertz CT molecular complexity index is 727. The van der Waals surface area contributed by atoms with Gasteiger partial charge in [-0.2, -0.15) is 0 Å². The molecule has 0 radical (unpaired) electrons. The van der Waals surface area contributed by atoms with Crippen LogP contribution in [0.3, 0.4) is 0 Å². The van der Waals surface area contributed by atoms with E-state index in [1.165, 1.54) is 4.90 Å². The molecule has 0 aliphatic carbocycles. The van der Waals surface area contributed by atoms with Gasteiger partial charge in [-0.05, 0) is 23.8 Å². The molecule has 0 unspecified atom stereocenters. The van der Waals surface area contributed by atoms with Gasteiger partial charge in [0.1, 0.15) is 11.6 Å². The number of pyridine rings is 1. The van der Waals surface area contributed by atoms with E-state index in [2.05, 4.69) is 10.3 Å². The van der Waals surface area contributed by atoms with Crippen molar-refractivity contribution in [3.63, 3.8) is 0 Å². The number of carbonyl (C=O) groups excluding carboxylic acids is 1. The number of rotatable bonds is 2. The molecule has 1 aliphatic rings. The van der Waals surface area contributed by atoms with Crippen LogP contribution in [0.25, 0.3) is 0 Å². The monoisotopic (exact) mass is 337 g/mol. The van der Waals surface area contributed by atoms with Gasteiger partial charge in [0.25, 0.3) is 5.91 Å². The number of nitrogens with zero attached hydrogens (tertiary/aromatic N) is 2. The van der Waals surface area contributed by atoms with Crippen molar-refractivity contribution in [1.82, 2.24) is 15.2 Å². The van der Waals surface area contributed by atoms with Gasteiger partial charge in [0.2, 0.25) is 0 Å². The van der Waals surface area contributed by atoms with E-state index in [1.807, 2.05) is 12.1 Å². The lowest BCUT2D eigenvalue weighted by Gasteiger charge is -2.34. The molecule has 0 spiro atoms. The van der Waals surface area contributed by atoms with Crippen molar-refractivity contribution in [2.45, 2.75) is 6.04 Å². The summed E-state index contributed by atoms with van der Waals surface area (Å²) >= 11 is 5.52. The second-order valence-corrected chi connectivity index (χ2v) is 5.70. The first kappa shape index (κ1) is 15.8. The van der Waals surface area contributed by atoms with Crippen LogP contribution in [0.2, 0.25) is 5.02 Å². The summed E-state index contributed by atoms with van der Waals surface area (Å²) in [7, 11) is 0. The van der Waals surface area contributed by atoms with E-state index in [4.69, 9.17) is 11.6 Å². The Hall–Kier alpha value is -2.05. The maximum atomic E-state index is 13.9. The van der Waals surface area contributed by atoms with Gasteiger partial charge in [0.05, 0.1) is 16.6 Å². The molecule has 1 aliphatic heterocycles. The van der Waals surface area contributed by atoms with Crippen molar-refractivity contribution in [3.8, 4) is 0 Å². The van der Waals surface area contributed by atoms with E-state index < -0.39 is 17.5 Å². The van der Waals surface area contributed by atoms with Crippen molar-refractivity contribution >= 4 is 17.5 Å². The predicted octanol–water partition coefficient (Wildman–Crippen LogP) is 2.80. The minimum atomic E-state index is -0.821. The van der Waals surface area contributed by atoms with Crippen molar-refractivity contribution in [2.75, 3.05) is 19.6 Å². The molecule has 7 heteroatoms. The topological polar surface area (TPSA) is 45.2 Å². The van der Waals surface area contributed by atoms with Crippen LogP contribution in [0.1, 0.15) is 22.0 Å². The molecule has 120 valence electrons. The molecule has 1 aromatic heterocycles. The summed E-state index contributed by atoms with van der Waals surface area (Å²) in [5.74, 6) is -2.18. The number of nitrogens with one attached hydrogen (secondary N) is 1. The smallest absolute Gasteiger partial charge is 0.257 e. The van der Waals surface area contributed by atoms with Crippen molar-refractivity contribution in [3.05, 3.63) is 64.4 Å². The second kappa shape index (κ2) is 6.60. The Balaban J connectivity index is 1.81. The highest BCUT2D eigenvalue weighted by Crippen LogP contribution is 2.23. The van der Waals surface area contributed by atoms with E-state index in [1.54, 1.807) is 12.4 Å². The summed E-state index contributed by atoms with van der Waals surface area (Å²) in [4.78, 5) is 18.0. The number of hydrogen-bond donors (Lipinski definition) is 1. The summed E-state index contributed by atoms with van der Waals surface area (Å²) in [5.41, 5.74) is 0.631. The zero-order valence-electron chi connectivity index (χ0n) is 12.1. The quantitative estimate of drug-likeness (QED) is 0.857. The average Bonchev–Trinajstić information content (AvgIpc) is 2.58. The molecule has 1 fully saturated rings. The third-order valence-corrected chi connectivity index (χ3v) is 4.08. The molecule has 1 N–H and O–H groups in total. The molecule has 0 saturated carbocycles. The number of aromatic nitrogens is 1. The van der Waals surface area contributed by atoms with Crippen LogP contribution in [0.5, 0.6) is 0 Å². The second-order valence-electron chi connectivity index (χ2n) is 5.29. The molecule has 3 rings (SSSR count). The van der Waals surface area contributed by atoms with E-state index in [0.29, 0.717) is 19.6 Å². The molecule has 23 heavy (non-hydrogen) atoms. The number of carbonyl (C=O) groups is 1. The van der Waals surface area contributed by atoms with Gasteiger partial charge in [-0.15, -0.1) is 0 Å². The highest BCUT2D eigenvalue weighted by molar-refractivity contribution is 6.30. The molecular weight excluding hydrogens is 324 g/mol. The van der Waals surface area contributed by atoms with Crippen LogP contribution in [-0.4, -0.2) is 35.4 Å². The first-order chi connectivity index (χ1) is 11.1. The van der Waals surface area contributed by atoms with E-state index in [0.717, 1.165) is 17.7 Å². The van der Waals surface area contributed by atoms with Crippen molar-refractivity contribution < 1.29 is 13.6 Å². The fourth-order valence-corrected chi connectivity index (χ4v) is 2.75. The van der Waals surface area contributed by atoms with Crippen molar-refractivity contribution in [2.24, 2.45) is 0 Å². The number of hydrogen-bond acceptors (Lipinski definition) is 3. The third-order valence-electron chi connectivity index (χ3n) is 3.79. The molecular formula is C16H14ClF2N3O. The van der Waals surface area contributed by atoms with Gasteiger partial charge in [-0.25, -0.2) is 8.78 Å². The molecule has 2 heterocycles. The Labute approximate surface area is 137 Å². The summed E-state index contributed by atoms with van der Waals surface area (Å²) in [6.07, 6.45) is 3.38. The maximum absolute atomic E-state index is 13.9. The molecule has 1 saturated heterocycles. The minimum Gasteiger partial charge on any atom is -0.335 e. The number of piperazine rings is 1. The van der Waals surface area contributed by atoms with Crippen LogP contribution in [0.4, 0.5) is 8.78 Å². The fourth-order valence-electron chi connectivity index (χ4n) is 2.60. The number of amides is 1. The van der Waals surface area contributed by atoms with Crippen LogP contribution in [0.15, 0.2) is 36.7 Å². The van der Waals surface area contributed by atoms with Gasteiger partial charge in [-0.1, -0.05) is 17.7 Å². The Morgan fingerprint density at radius 2 is 2.17 bits per heavy atom. The van der Waals surface area contributed by atoms with Gasteiger partial charge in [0, 0.05) is 32.0 Å². The van der Waals surface area contributed by atoms with E-state index in [9.17, 15) is 13.6 Å². The normalized spacial score (nSPS) is 18.0. The molecule has 2 aromatic rings. The van der Waals surface area contributed by atoms with E-state index in [-0.39, 0.29) is 16.6 Å². The van der Waals surface area contributed by atoms with Crippen LogP contribution in [0, 0.1) is 11.6 Å². The number of benzene rings is 1. The molecule has 4 nitrogen and oxygen atoms in total. The fraction of sp³-hybridized carbons (Fsp3) is 0.250. The van der Waals surface area contributed by atoms with E-state index >= 15 is 0 Å². The third kappa shape index (κ3) is 3.33. The summed E-state index contributed by atoms with van der Waals surface area (Å²) in [6.45, 7) is 1.33. The average molecular weight is 338 g/mol. The standard InChI is InChI=1S/C16H14ClF2N3O/c17-12-7-13(18)11(6-14(12)19)16(23)22-5-4-21-15(9-22)10-2-1-3-20-8-10/h1-3,6-8,15,21H,4-5,9H2/t15-/m1/s1. The van der Waals surface area contributed by atoms with Gasteiger partial charge in [0.15, 0.2) is 0 Å². The number of halogens is 3. The van der Waals surface area contributed by atoms with Crippen LogP contribution in [-0.2, 0) is 0 Å². The lowest BCUT2D eigenvalue weighted by Crippen LogP contribution is -2.48. The largest absolute Gasteiger partial charge is 0.335 e. The highest BCUT2D eigenvalue weighted by atomic mass is 35.5. The minimum absolute atomic E-state index is 0.0957. The molecule has 1 amide bonds. The summed E-state index contributed by atoms with van der Waals surface area (Å²) < 4.78 is 27.5. The SMILES string of the molecule is O=C(c1cc(F)c(Cl)cc1F)N1CCN[C@@H](c2cccnc2)C1. The van der Waals surface area contributed by atoms with Gasteiger partial charge in [-0.3, -0.25) is 9.78 Å². The summed E-state index contributed by atoms with van der Waals surface area (Å²) in [6, 6.07) is 5.29. The highest BCUT2D eigenvalue weighted by Gasteiger charge is 2.27.